The first-order valence-electron chi connectivity index (χ1n) is 3.73. The number of rotatable bonds is 1. The minimum absolute atomic E-state index is 0.481. The molecule has 0 spiro atoms. The Kier molecular flexibility index (Phi) is 2.25. The summed E-state index contributed by atoms with van der Waals surface area (Å²) in [6.45, 7) is 0. The van der Waals surface area contributed by atoms with Crippen molar-refractivity contribution in [2.24, 2.45) is 0 Å². The maximum Gasteiger partial charge on any atom is 0.151 e. The number of hydrogen-bond acceptors (Lipinski definition) is 1. The maximum absolute atomic E-state index is 5.75. The molecule has 13 heavy (non-hydrogen) atoms. The van der Waals surface area contributed by atoms with E-state index in [1.807, 2.05) is 24.3 Å². The predicted octanol–water partition coefficient (Wildman–Crippen LogP) is 3.18. The minimum atomic E-state index is 0.481. The monoisotopic (exact) mass is 212 g/mol. The molecule has 2 nitrogen and oxygen atoms in total. The lowest BCUT2D eigenvalue weighted by Gasteiger charge is -1.99. The molecule has 1 aromatic carbocycles. The van der Waals surface area contributed by atoms with Gasteiger partial charge < -0.3 is 0 Å². The fourth-order valence-electron chi connectivity index (χ4n) is 1.04. The van der Waals surface area contributed by atoms with Crippen LogP contribution in [0.25, 0.3) is 5.69 Å². The molecule has 0 saturated heterocycles. The molecule has 0 aliphatic rings. The van der Waals surface area contributed by atoms with Gasteiger partial charge in [-0.25, -0.2) is 4.68 Å². The molecule has 0 aliphatic carbocycles. The molecule has 1 heterocycles. The summed E-state index contributed by atoms with van der Waals surface area (Å²) < 4.78 is 1.69. The van der Waals surface area contributed by atoms with Crippen molar-refractivity contribution in [2.75, 3.05) is 0 Å². The van der Waals surface area contributed by atoms with Crippen LogP contribution in [0.3, 0.4) is 0 Å². The van der Waals surface area contributed by atoms with Crippen LogP contribution in [-0.2, 0) is 0 Å². The molecule has 0 amide bonds. The number of aromatic nitrogens is 2. The van der Waals surface area contributed by atoms with Crippen molar-refractivity contribution >= 4 is 23.2 Å². The molecule has 0 aliphatic heterocycles. The van der Waals surface area contributed by atoms with Gasteiger partial charge in [0.2, 0.25) is 0 Å². The van der Waals surface area contributed by atoms with Gasteiger partial charge in [0.05, 0.1) is 5.69 Å². The summed E-state index contributed by atoms with van der Waals surface area (Å²) >= 11 is 11.4. The molecule has 0 saturated carbocycles. The minimum Gasteiger partial charge on any atom is -0.239 e. The Morgan fingerprint density at radius 3 is 2.23 bits per heavy atom. The van der Waals surface area contributed by atoms with Crippen LogP contribution in [0, 0.1) is 0 Å². The van der Waals surface area contributed by atoms with Crippen LogP contribution in [0.1, 0.15) is 0 Å². The fraction of sp³-hybridized carbons (Fsp3) is 0. The van der Waals surface area contributed by atoms with Crippen LogP contribution < -0.4 is 0 Å². The first-order valence-corrected chi connectivity index (χ1v) is 4.48. The second kappa shape index (κ2) is 3.40. The maximum atomic E-state index is 5.75. The molecule has 0 unspecified atom stereocenters. The third-order valence-electron chi connectivity index (χ3n) is 1.65. The average Bonchev–Trinajstić information content (AvgIpc) is 2.53. The summed E-state index contributed by atoms with van der Waals surface area (Å²) in [5.74, 6) is 0. The van der Waals surface area contributed by atoms with E-state index in [1.165, 1.54) is 0 Å². The van der Waals surface area contributed by atoms with Crippen LogP contribution in [0.5, 0.6) is 0 Å². The summed E-state index contributed by atoms with van der Waals surface area (Å²) in [6.07, 6.45) is 1.80. The zero-order valence-electron chi connectivity index (χ0n) is 6.61. The number of nitrogens with zero attached hydrogens (tertiary/aromatic N) is 2. The van der Waals surface area contributed by atoms with Crippen molar-refractivity contribution in [3.05, 3.63) is 46.7 Å². The molecule has 0 bridgehead atoms. The summed E-state index contributed by atoms with van der Waals surface area (Å²) in [5, 5.41) is 5.24. The van der Waals surface area contributed by atoms with Gasteiger partial charge in [-0.05, 0) is 30.3 Å². The Hall–Kier alpha value is -0.990. The molecule has 2 rings (SSSR count). The second-order valence-electron chi connectivity index (χ2n) is 2.56. The van der Waals surface area contributed by atoms with E-state index in [2.05, 4.69) is 5.10 Å². The van der Waals surface area contributed by atoms with Crippen LogP contribution in [0.15, 0.2) is 36.5 Å². The summed E-state index contributed by atoms with van der Waals surface area (Å²) in [7, 11) is 0. The Labute approximate surface area is 85.7 Å². The molecule has 1 aromatic heterocycles. The van der Waals surface area contributed by atoms with E-state index in [-0.39, 0.29) is 0 Å². The van der Waals surface area contributed by atoms with Gasteiger partial charge in [-0.2, -0.15) is 5.10 Å². The Morgan fingerprint density at radius 1 is 1.00 bits per heavy atom. The van der Waals surface area contributed by atoms with Gasteiger partial charge in [-0.1, -0.05) is 23.2 Å². The van der Waals surface area contributed by atoms with E-state index in [0.29, 0.717) is 10.2 Å². The fourth-order valence-corrected chi connectivity index (χ4v) is 1.30. The van der Waals surface area contributed by atoms with E-state index in [0.717, 1.165) is 5.69 Å². The van der Waals surface area contributed by atoms with Gasteiger partial charge in [-0.3, -0.25) is 0 Å². The van der Waals surface area contributed by atoms with Crippen LogP contribution in [0.2, 0.25) is 10.2 Å². The van der Waals surface area contributed by atoms with E-state index in [4.69, 9.17) is 23.2 Å². The predicted molar refractivity (Wildman–Crippen MR) is 53.6 cm³/mol. The average molecular weight is 213 g/mol. The molecule has 0 fully saturated rings. The summed E-state index contributed by atoms with van der Waals surface area (Å²) in [5.41, 5.74) is 0.941. The first kappa shape index (κ1) is 8.60. The highest BCUT2D eigenvalue weighted by molar-refractivity contribution is 6.30. The van der Waals surface area contributed by atoms with Crippen molar-refractivity contribution in [1.82, 2.24) is 9.78 Å². The zero-order chi connectivity index (χ0) is 9.26. The Bertz CT molecular complexity index is 406. The second-order valence-corrected chi connectivity index (χ2v) is 3.38. The van der Waals surface area contributed by atoms with Crippen molar-refractivity contribution in [2.45, 2.75) is 0 Å². The van der Waals surface area contributed by atoms with Gasteiger partial charge in [0.1, 0.15) is 0 Å². The largest absolute Gasteiger partial charge is 0.239 e. The van der Waals surface area contributed by atoms with E-state index >= 15 is 0 Å². The van der Waals surface area contributed by atoms with Gasteiger partial charge in [0.25, 0.3) is 0 Å². The topological polar surface area (TPSA) is 17.8 Å². The number of hydrogen-bond donors (Lipinski definition) is 0. The summed E-state index contributed by atoms with van der Waals surface area (Å²) in [6, 6.07) is 9.12. The summed E-state index contributed by atoms with van der Waals surface area (Å²) in [4.78, 5) is 0. The number of halogens is 2. The van der Waals surface area contributed by atoms with Crippen LogP contribution >= 0.6 is 23.2 Å². The molecule has 4 heteroatoms. The standard InChI is InChI=1S/C9H6Cl2N2/c10-7-1-3-8(4-2-7)13-6-5-9(11)12-13/h1-6H. The molecule has 0 atom stereocenters. The highest BCUT2D eigenvalue weighted by atomic mass is 35.5. The molecular weight excluding hydrogens is 207 g/mol. The molecule has 0 radical (unpaired) electrons. The van der Waals surface area contributed by atoms with Crippen molar-refractivity contribution in [1.29, 1.82) is 0 Å². The lowest BCUT2D eigenvalue weighted by atomic mass is 10.3. The molecule has 2 aromatic rings. The normalized spacial score (nSPS) is 10.3. The lowest BCUT2D eigenvalue weighted by Crippen LogP contribution is -1.93. The van der Waals surface area contributed by atoms with Crippen LogP contribution in [-0.4, -0.2) is 9.78 Å². The van der Waals surface area contributed by atoms with Crippen molar-refractivity contribution in [3.8, 4) is 5.69 Å². The van der Waals surface area contributed by atoms with Gasteiger partial charge in [0.15, 0.2) is 5.15 Å². The molecule has 66 valence electrons. The van der Waals surface area contributed by atoms with Crippen molar-refractivity contribution in [3.63, 3.8) is 0 Å². The molecular formula is C9H6Cl2N2. The van der Waals surface area contributed by atoms with E-state index in [9.17, 15) is 0 Å². The van der Waals surface area contributed by atoms with Crippen molar-refractivity contribution < 1.29 is 0 Å². The van der Waals surface area contributed by atoms with Gasteiger partial charge in [-0.15, -0.1) is 0 Å². The van der Waals surface area contributed by atoms with E-state index in [1.54, 1.807) is 16.9 Å². The smallest absolute Gasteiger partial charge is 0.151 e. The third kappa shape index (κ3) is 1.85. The van der Waals surface area contributed by atoms with Gasteiger partial charge in [0, 0.05) is 11.2 Å². The third-order valence-corrected chi connectivity index (χ3v) is 2.10. The first-order chi connectivity index (χ1) is 6.25. The quantitative estimate of drug-likeness (QED) is 0.711. The molecule has 0 N–H and O–H groups in total. The number of benzene rings is 1. The van der Waals surface area contributed by atoms with Crippen LogP contribution in [0.4, 0.5) is 0 Å². The Balaban J connectivity index is 2.41. The SMILES string of the molecule is Clc1ccc(-n2ccc(Cl)n2)cc1. The lowest BCUT2D eigenvalue weighted by molar-refractivity contribution is 0.881. The highest BCUT2D eigenvalue weighted by Gasteiger charge is 1.97. The highest BCUT2D eigenvalue weighted by Crippen LogP contribution is 2.14. The van der Waals surface area contributed by atoms with Gasteiger partial charge >= 0.3 is 0 Å². The van der Waals surface area contributed by atoms with E-state index < -0.39 is 0 Å². The zero-order valence-corrected chi connectivity index (χ0v) is 8.13. The Morgan fingerprint density at radius 2 is 1.69 bits per heavy atom.